The number of nitrogen functional groups attached to an aromatic ring is 1. The summed E-state index contributed by atoms with van der Waals surface area (Å²) in [6.45, 7) is 1.91. The van der Waals surface area contributed by atoms with Crippen LogP contribution in [0.15, 0.2) is 53.4 Å². The third-order valence-corrected chi connectivity index (χ3v) is 5.59. The number of hydrogen-bond donors (Lipinski definition) is 2. The predicted molar refractivity (Wildman–Crippen MR) is 93.0 cm³/mol. The van der Waals surface area contributed by atoms with Gasteiger partial charge in [0, 0.05) is 31.0 Å². The third kappa shape index (κ3) is 3.48. The zero-order chi connectivity index (χ0) is 16.3. The summed E-state index contributed by atoms with van der Waals surface area (Å²) in [6, 6.07) is 14.3. The van der Waals surface area contributed by atoms with Crippen LogP contribution < -0.4 is 15.4 Å². The predicted octanol–water partition coefficient (Wildman–Crippen LogP) is 2.00. The first-order chi connectivity index (χ1) is 11.1. The number of sulfonamides is 1. The van der Waals surface area contributed by atoms with Crippen LogP contribution >= 0.6 is 0 Å². The molecule has 3 rings (SSSR count). The van der Waals surface area contributed by atoms with Crippen LogP contribution in [-0.4, -0.2) is 28.1 Å². The monoisotopic (exact) mass is 331 g/mol. The van der Waals surface area contributed by atoms with Crippen LogP contribution in [0.25, 0.3) is 0 Å². The highest BCUT2D eigenvalue weighted by atomic mass is 32.2. The van der Waals surface area contributed by atoms with Crippen molar-refractivity contribution >= 4 is 21.4 Å². The van der Waals surface area contributed by atoms with Gasteiger partial charge in [0.25, 0.3) is 0 Å². The number of anilines is 2. The van der Waals surface area contributed by atoms with Crippen molar-refractivity contribution in [3.63, 3.8) is 0 Å². The summed E-state index contributed by atoms with van der Waals surface area (Å²) in [5.74, 6) is 0. The Kier molecular flexibility index (Phi) is 4.54. The molecule has 3 N–H and O–H groups in total. The Balaban J connectivity index is 1.66. The van der Waals surface area contributed by atoms with Gasteiger partial charge in [-0.1, -0.05) is 24.3 Å². The molecule has 5 nitrogen and oxygen atoms in total. The number of rotatable bonds is 5. The average molecular weight is 331 g/mol. The van der Waals surface area contributed by atoms with Crippen molar-refractivity contribution in [3.05, 3.63) is 54.1 Å². The highest BCUT2D eigenvalue weighted by Gasteiger charge is 2.19. The fourth-order valence-electron chi connectivity index (χ4n) is 2.96. The number of nitrogens with zero attached hydrogens (tertiary/aromatic N) is 1. The lowest BCUT2D eigenvalue weighted by atomic mass is 10.00. The van der Waals surface area contributed by atoms with Crippen LogP contribution in [-0.2, 0) is 16.4 Å². The highest BCUT2D eigenvalue weighted by molar-refractivity contribution is 7.89. The van der Waals surface area contributed by atoms with E-state index in [0.29, 0.717) is 18.0 Å². The molecule has 0 radical (unpaired) electrons. The van der Waals surface area contributed by atoms with E-state index >= 15 is 0 Å². The van der Waals surface area contributed by atoms with Gasteiger partial charge in [-0.2, -0.15) is 0 Å². The molecule has 0 atom stereocenters. The molecule has 23 heavy (non-hydrogen) atoms. The van der Waals surface area contributed by atoms with Crippen LogP contribution in [0, 0.1) is 0 Å². The number of nitrogens with one attached hydrogen (secondary N) is 1. The maximum atomic E-state index is 12.2. The van der Waals surface area contributed by atoms with Gasteiger partial charge in [0.15, 0.2) is 0 Å². The topological polar surface area (TPSA) is 75.4 Å². The van der Waals surface area contributed by atoms with Crippen LogP contribution in [0.1, 0.15) is 12.0 Å². The zero-order valence-corrected chi connectivity index (χ0v) is 13.7. The minimum Gasteiger partial charge on any atom is -0.398 e. The maximum Gasteiger partial charge on any atom is 0.240 e. The first-order valence-corrected chi connectivity index (χ1v) is 9.23. The zero-order valence-electron chi connectivity index (χ0n) is 12.9. The van der Waals surface area contributed by atoms with Crippen molar-refractivity contribution in [3.8, 4) is 0 Å². The molecule has 2 aromatic carbocycles. The lowest BCUT2D eigenvalue weighted by Gasteiger charge is -2.32. The smallest absolute Gasteiger partial charge is 0.240 e. The van der Waals surface area contributed by atoms with Crippen molar-refractivity contribution in [1.82, 2.24) is 4.72 Å². The Morgan fingerprint density at radius 3 is 2.65 bits per heavy atom. The van der Waals surface area contributed by atoms with Gasteiger partial charge in [0.2, 0.25) is 10.0 Å². The van der Waals surface area contributed by atoms with E-state index < -0.39 is 10.0 Å². The summed E-state index contributed by atoms with van der Waals surface area (Å²) < 4.78 is 27.1. The molecule has 0 amide bonds. The maximum absolute atomic E-state index is 12.2. The molecule has 0 unspecified atom stereocenters. The first kappa shape index (κ1) is 15.8. The average Bonchev–Trinajstić information content (AvgIpc) is 2.56. The Morgan fingerprint density at radius 1 is 1.09 bits per heavy atom. The Hall–Kier alpha value is -2.05. The summed E-state index contributed by atoms with van der Waals surface area (Å²) in [5.41, 5.74) is 9.15. The van der Waals surface area contributed by atoms with Gasteiger partial charge in [-0.05, 0) is 42.7 Å². The quantitative estimate of drug-likeness (QED) is 0.822. The van der Waals surface area contributed by atoms with Gasteiger partial charge in [-0.3, -0.25) is 0 Å². The van der Waals surface area contributed by atoms with Gasteiger partial charge in [0.1, 0.15) is 0 Å². The molecule has 122 valence electrons. The van der Waals surface area contributed by atoms with E-state index in [-0.39, 0.29) is 0 Å². The van der Waals surface area contributed by atoms with Gasteiger partial charge < -0.3 is 10.6 Å². The molecule has 1 aliphatic rings. The second kappa shape index (κ2) is 6.60. The second-order valence-electron chi connectivity index (χ2n) is 5.65. The van der Waals surface area contributed by atoms with E-state index in [0.717, 1.165) is 30.8 Å². The summed E-state index contributed by atoms with van der Waals surface area (Å²) in [7, 11) is -3.45. The Morgan fingerprint density at radius 2 is 1.87 bits per heavy atom. The molecule has 0 spiro atoms. The lowest BCUT2D eigenvalue weighted by molar-refractivity contribution is 0.579. The molecule has 1 heterocycles. The van der Waals surface area contributed by atoms with Gasteiger partial charge in [0.05, 0.1) is 4.90 Å². The van der Waals surface area contributed by atoms with Gasteiger partial charge in [-0.15, -0.1) is 0 Å². The van der Waals surface area contributed by atoms with E-state index in [1.807, 2.05) is 12.1 Å². The Bertz CT molecular complexity index is 776. The second-order valence-corrected chi connectivity index (χ2v) is 7.41. The van der Waals surface area contributed by atoms with Crippen molar-refractivity contribution in [2.24, 2.45) is 0 Å². The minimum atomic E-state index is -3.45. The lowest BCUT2D eigenvalue weighted by Crippen LogP contribution is -2.37. The molecule has 6 heteroatoms. The standard InChI is InChI=1S/C17H21N3O2S/c18-16-9-4-10-17-15(16)8-5-12-20(17)13-11-19-23(21,22)14-6-2-1-3-7-14/h1-4,6-7,9-10,19H,5,8,11-13,18H2. The van der Waals surface area contributed by atoms with E-state index in [1.54, 1.807) is 30.3 Å². The summed E-state index contributed by atoms with van der Waals surface area (Å²) in [4.78, 5) is 2.49. The molecule has 2 aromatic rings. The summed E-state index contributed by atoms with van der Waals surface area (Å²) >= 11 is 0. The van der Waals surface area contributed by atoms with E-state index in [2.05, 4.69) is 15.7 Å². The molecule has 0 saturated heterocycles. The van der Waals surface area contributed by atoms with E-state index in [9.17, 15) is 8.42 Å². The van der Waals surface area contributed by atoms with Crippen LogP contribution in [0.2, 0.25) is 0 Å². The molecule has 0 fully saturated rings. The van der Waals surface area contributed by atoms with E-state index in [1.165, 1.54) is 5.56 Å². The molecule has 0 aromatic heterocycles. The molecular formula is C17H21N3O2S. The van der Waals surface area contributed by atoms with E-state index in [4.69, 9.17) is 5.73 Å². The minimum absolute atomic E-state index is 0.295. The largest absolute Gasteiger partial charge is 0.398 e. The van der Waals surface area contributed by atoms with Crippen molar-refractivity contribution < 1.29 is 8.42 Å². The molecule has 0 saturated carbocycles. The first-order valence-electron chi connectivity index (χ1n) is 7.75. The number of hydrogen-bond acceptors (Lipinski definition) is 4. The fourth-order valence-corrected chi connectivity index (χ4v) is 4.00. The van der Waals surface area contributed by atoms with Gasteiger partial charge >= 0.3 is 0 Å². The number of fused-ring (bicyclic) bond motifs is 1. The summed E-state index contributed by atoms with van der Waals surface area (Å²) in [6.07, 6.45) is 2.01. The third-order valence-electron chi connectivity index (χ3n) is 4.11. The number of nitrogens with two attached hydrogens (primary N) is 1. The number of benzene rings is 2. The van der Waals surface area contributed by atoms with Crippen molar-refractivity contribution in [2.75, 3.05) is 30.3 Å². The van der Waals surface area contributed by atoms with Crippen molar-refractivity contribution in [1.29, 1.82) is 0 Å². The fraction of sp³-hybridized carbons (Fsp3) is 0.294. The van der Waals surface area contributed by atoms with Gasteiger partial charge in [-0.25, -0.2) is 13.1 Å². The van der Waals surface area contributed by atoms with Crippen LogP contribution in [0.4, 0.5) is 11.4 Å². The van der Waals surface area contributed by atoms with Crippen molar-refractivity contribution in [2.45, 2.75) is 17.7 Å². The highest BCUT2D eigenvalue weighted by Crippen LogP contribution is 2.30. The molecule has 0 bridgehead atoms. The van der Waals surface area contributed by atoms with Crippen LogP contribution in [0.5, 0.6) is 0 Å². The Labute approximate surface area is 137 Å². The SMILES string of the molecule is Nc1cccc2c1CCCN2CCNS(=O)(=O)c1ccccc1. The summed E-state index contributed by atoms with van der Waals surface area (Å²) in [5, 5.41) is 0. The normalized spacial score (nSPS) is 14.5. The molecular weight excluding hydrogens is 310 g/mol. The van der Waals surface area contributed by atoms with Crippen LogP contribution in [0.3, 0.4) is 0 Å². The molecule has 1 aliphatic heterocycles. The molecule has 0 aliphatic carbocycles.